The molecule has 3 aromatic rings. The number of hydrogen-bond acceptors (Lipinski definition) is 4. The maximum atomic E-state index is 9.40. The van der Waals surface area contributed by atoms with E-state index in [2.05, 4.69) is 29.1 Å². The molecule has 0 heterocycles. The quantitative estimate of drug-likeness (QED) is 0.0850. The van der Waals surface area contributed by atoms with Crippen LogP contribution < -0.4 is 0 Å². The van der Waals surface area contributed by atoms with Crippen molar-refractivity contribution in [2.45, 2.75) is 70.7 Å². The molecule has 0 radical (unpaired) electrons. The second-order valence-corrected chi connectivity index (χ2v) is 8.87. The first-order valence-electron chi connectivity index (χ1n) is 12.8. The average Bonchev–Trinajstić information content (AvgIpc) is 2.93. The van der Waals surface area contributed by atoms with Crippen molar-refractivity contribution in [2.75, 3.05) is 6.61 Å². The number of rotatable bonds is 17. The van der Waals surface area contributed by atoms with Gasteiger partial charge >= 0.3 is 0 Å². The first-order chi connectivity index (χ1) is 17.8. The molecule has 0 aromatic heterocycles. The number of benzene rings is 3. The third-order valence-corrected chi connectivity index (χ3v) is 6.03. The maximum Gasteiger partial charge on any atom is 0.0948 e. The van der Waals surface area contributed by atoms with Crippen LogP contribution in [0.1, 0.15) is 49.3 Å². The lowest BCUT2D eigenvalue weighted by atomic mass is 10.00. The standard InChI is InChI=1S/C30H37N3O3/c1-2-3-7-20-29(35-22-26-16-10-5-11-17-26)30(36-23-27-18-12-6-13-19-27)28(32-33-31)24-34-21-25-14-8-4-9-15-25/h4-6,8-19,28-30H,2-3,7,20-24H2,1H3/t28-,29+,30-/m0/s1. The van der Waals surface area contributed by atoms with Crippen molar-refractivity contribution in [3.8, 4) is 0 Å². The lowest BCUT2D eigenvalue weighted by Gasteiger charge is -2.32. The van der Waals surface area contributed by atoms with Crippen LogP contribution in [0.25, 0.3) is 10.4 Å². The van der Waals surface area contributed by atoms with Gasteiger partial charge in [0.1, 0.15) is 0 Å². The second-order valence-electron chi connectivity index (χ2n) is 8.87. The largest absolute Gasteiger partial charge is 0.376 e. The molecule has 0 unspecified atom stereocenters. The van der Waals surface area contributed by atoms with Gasteiger partial charge in [-0.2, -0.15) is 0 Å². The minimum absolute atomic E-state index is 0.240. The Bertz CT molecular complexity index is 1010. The van der Waals surface area contributed by atoms with Gasteiger partial charge in [-0.1, -0.05) is 122 Å². The molecule has 0 aliphatic rings. The summed E-state index contributed by atoms with van der Waals surface area (Å²) in [6, 6.07) is 29.6. The van der Waals surface area contributed by atoms with Crippen molar-refractivity contribution >= 4 is 0 Å². The molecule has 6 heteroatoms. The molecule has 0 N–H and O–H groups in total. The van der Waals surface area contributed by atoms with Gasteiger partial charge in [-0.15, -0.1) is 0 Å². The Labute approximate surface area is 214 Å². The molecule has 0 amide bonds. The summed E-state index contributed by atoms with van der Waals surface area (Å²) in [4.78, 5) is 3.14. The van der Waals surface area contributed by atoms with E-state index in [9.17, 15) is 5.53 Å². The Balaban J connectivity index is 1.77. The van der Waals surface area contributed by atoms with Gasteiger partial charge in [-0.3, -0.25) is 0 Å². The van der Waals surface area contributed by atoms with Crippen LogP contribution in [0, 0.1) is 0 Å². The summed E-state index contributed by atoms with van der Waals surface area (Å²) in [7, 11) is 0. The zero-order valence-electron chi connectivity index (χ0n) is 21.1. The highest BCUT2D eigenvalue weighted by Crippen LogP contribution is 2.22. The molecule has 0 fully saturated rings. The molecule has 6 nitrogen and oxygen atoms in total. The van der Waals surface area contributed by atoms with E-state index in [-0.39, 0.29) is 12.7 Å². The fourth-order valence-electron chi connectivity index (χ4n) is 4.08. The van der Waals surface area contributed by atoms with Crippen LogP contribution in [0.2, 0.25) is 0 Å². The summed E-state index contributed by atoms with van der Waals surface area (Å²) in [5, 5.41) is 4.12. The molecule has 0 aliphatic heterocycles. The molecule has 3 atom stereocenters. The summed E-state index contributed by atoms with van der Waals surface area (Å²) >= 11 is 0. The van der Waals surface area contributed by atoms with Gasteiger partial charge in [0.15, 0.2) is 0 Å². The number of azide groups is 1. The molecule has 0 aliphatic carbocycles. The predicted octanol–water partition coefficient (Wildman–Crippen LogP) is 7.63. The highest BCUT2D eigenvalue weighted by atomic mass is 16.5. The Kier molecular flexibility index (Phi) is 12.6. The summed E-state index contributed by atoms with van der Waals surface area (Å²) in [5.74, 6) is 0. The van der Waals surface area contributed by atoms with Gasteiger partial charge in [0.2, 0.25) is 0 Å². The van der Waals surface area contributed by atoms with Gasteiger partial charge in [0.05, 0.1) is 44.7 Å². The highest BCUT2D eigenvalue weighted by molar-refractivity contribution is 5.15. The fourth-order valence-corrected chi connectivity index (χ4v) is 4.08. The lowest BCUT2D eigenvalue weighted by Crippen LogP contribution is -2.42. The Morgan fingerprint density at radius 2 is 1.25 bits per heavy atom. The third kappa shape index (κ3) is 9.84. The van der Waals surface area contributed by atoms with E-state index in [1.54, 1.807) is 0 Å². The van der Waals surface area contributed by atoms with Crippen LogP contribution in [0.3, 0.4) is 0 Å². The molecule has 0 spiro atoms. The smallest absolute Gasteiger partial charge is 0.0948 e. The number of unbranched alkanes of at least 4 members (excludes halogenated alkanes) is 2. The Hall–Kier alpha value is -3.15. The van der Waals surface area contributed by atoms with Gasteiger partial charge in [-0.25, -0.2) is 0 Å². The number of hydrogen-bond donors (Lipinski definition) is 0. The molecule has 0 saturated carbocycles. The third-order valence-electron chi connectivity index (χ3n) is 6.03. The molecule has 0 bridgehead atoms. The van der Waals surface area contributed by atoms with E-state index in [4.69, 9.17) is 14.2 Å². The molecule has 3 aromatic carbocycles. The van der Waals surface area contributed by atoms with Crippen molar-refractivity contribution in [1.29, 1.82) is 0 Å². The zero-order chi connectivity index (χ0) is 25.3. The van der Waals surface area contributed by atoms with Crippen molar-refractivity contribution in [1.82, 2.24) is 0 Å². The summed E-state index contributed by atoms with van der Waals surface area (Å²) in [6.45, 7) is 3.74. The average molecular weight is 488 g/mol. The summed E-state index contributed by atoms with van der Waals surface area (Å²) in [5.41, 5.74) is 12.6. The van der Waals surface area contributed by atoms with Gasteiger partial charge < -0.3 is 14.2 Å². The minimum Gasteiger partial charge on any atom is -0.376 e. The highest BCUT2D eigenvalue weighted by Gasteiger charge is 2.31. The van der Waals surface area contributed by atoms with E-state index < -0.39 is 12.1 Å². The molecule has 190 valence electrons. The first-order valence-corrected chi connectivity index (χ1v) is 12.8. The first kappa shape index (κ1) is 27.4. The molecule has 36 heavy (non-hydrogen) atoms. The summed E-state index contributed by atoms with van der Waals surface area (Å²) in [6.07, 6.45) is 3.35. The van der Waals surface area contributed by atoms with E-state index >= 15 is 0 Å². The van der Waals surface area contributed by atoms with Crippen LogP contribution >= 0.6 is 0 Å². The van der Waals surface area contributed by atoms with E-state index in [0.29, 0.717) is 19.8 Å². The van der Waals surface area contributed by atoms with Crippen molar-refractivity contribution < 1.29 is 14.2 Å². The van der Waals surface area contributed by atoms with Crippen LogP contribution in [-0.4, -0.2) is 24.9 Å². The number of nitrogens with zero attached hydrogens (tertiary/aromatic N) is 3. The van der Waals surface area contributed by atoms with Gasteiger partial charge in [0, 0.05) is 4.91 Å². The normalized spacial score (nSPS) is 13.5. The second kappa shape index (κ2) is 16.5. The molecular formula is C30H37N3O3. The van der Waals surface area contributed by atoms with E-state index in [1.165, 1.54) is 0 Å². The van der Waals surface area contributed by atoms with Crippen molar-refractivity contribution in [3.05, 3.63) is 118 Å². The zero-order valence-corrected chi connectivity index (χ0v) is 21.1. The van der Waals surface area contributed by atoms with Gasteiger partial charge in [0.25, 0.3) is 0 Å². The summed E-state index contributed by atoms with van der Waals surface area (Å²) < 4.78 is 18.9. The predicted molar refractivity (Wildman–Crippen MR) is 143 cm³/mol. The Morgan fingerprint density at radius 1 is 0.722 bits per heavy atom. The van der Waals surface area contributed by atoms with E-state index in [1.807, 2.05) is 78.9 Å². The number of ether oxygens (including phenoxy) is 3. The fraction of sp³-hybridized carbons (Fsp3) is 0.400. The van der Waals surface area contributed by atoms with Crippen LogP contribution in [0.5, 0.6) is 0 Å². The SMILES string of the molecule is CCCCC[C@@H](OCc1ccccc1)[C@@H](OCc1ccccc1)[C@H](COCc1ccccc1)N=[N+]=[N-]. The van der Waals surface area contributed by atoms with E-state index in [0.717, 1.165) is 42.4 Å². The Morgan fingerprint density at radius 3 is 1.78 bits per heavy atom. The molecule has 3 rings (SSSR count). The maximum absolute atomic E-state index is 9.40. The molecular weight excluding hydrogens is 450 g/mol. The lowest BCUT2D eigenvalue weighted by molar-refractivity contribution is -0.108. The van der Waals surface area contributed by atoms with Crippen LogP contribution in [0.4, 0.5) is 0 Å². The van der Waals surface area contributed by atoms with Crippen LogP contribution in [0.15, 0.2) is 96.1 Å². The minimum atomic E-state index is -0.523. The topological polar surface area (TPSA) is 76.5 Å². The van der Waals surface area contributed by atoms with Crippen molar-refractivity contribution in [3.63, 3.8) is 0 Å². The van der Waals surface area contributed by atoms with Gasteiger partial charge in [-0.05, 0) is 28.6 Å². The van der Waals surface area contributed by atoms with Crippen molar-refractivity contribution in [2.24, 2.45) is 5.11 Å². The van der Waals surface area contributed by atoms with Crippen LogP contribution in [-0.2, 0) is 34.0 Å². The monoisotopic (exact) mass is 487 g/mol. The molecule has 0 saturated heterocycles.